The average Bonchev–Trinajstić information content (AvgIpc) is 3.14. The molecule has 0 saturated heterocycles. The highest BCUT2D eigenvalue weighted by Gasteiger charge is 2.28. The number of hydrogen-bond donors (Lipinski definition) is 2. The summed E-state index contributed by atoms with van der Waals surface area (Å²) in [5.41, 5.74) is 1.02. The topological polar surface area (TPSA) is 110 Å². The number of rotatable bonds is 6. The summed E-state index contributed by atoms with van der Waals surface area (Å²) in [4.78, 5) is 46.3. The van der Waals surface area contributed by atoms with Crippen LogP contribution in [-0.2, 0) is 9.53 Å². The molecule has 0 fully saturated rings. The molecule has 2 N–H and O–H groups in total. The van der Waals surface area contributed by atoms with Gasteiger partial charge in [-0.05, 0) is 37.6 Å². The number of thiophene rings is 1. The zero-order chi connectivity index (χ0) is 24.4. The Morgan fingerprint density at radius 3 is 2.56 bits per heavy atom. The smallest absolute Gasteiger partial charge is 0.349 e. The Labute approximate surface area is 203 Å². The molecule has 10 heteroatoms. The minimum atomic E-state index is -1.24. The third-order valence-corrected chi connectivity index (χ3v) is 6.55. The molecule has 2 heterocycles. The van der Waals surface area contributed by atoms with E-state index >= 15 is 0 Å². The number of nitrogens with zero attached hydrogens (tertiary/aromatic N) is 1. The number of carbonyl (C=O) groups excluding carboxylic acids is 2. The van der Waals surface area contributed by atoms with E-state index in [1.807, 2.05) is 0 Å². The number of amides is 1. The molecule has 0 radical (unpaired) electrons. The van der Waals surface area contributed by atoms with Gasteiger partial charge in [0.15, 0.2) is 0 Å². The van der Waals surface area contributed by atoms with Crippen LogP contribution in [0.25, 0.3) is 10.2 Å². The minimum absolute atomic E-state index is 0.208. The van der Waals surface area contributed by atoms with E-state index in [1.54, 1.807) is 62.4 Å². The fourth-order valence-corrected chi connectivity index (χ4v) is 4.83. The zero-order valence-corrected chi connectivity index (χ0v) is 20.0. The predicted molar refractivity (Wildman–Crippen MR) is 131 cm³/mol. The van der Waals surface area contributed by atoms with Crippen molar-refractivity contribution in [1.82, 2.24) is 9.97 Å². The SMILES string of the molecule is COc1ccc(NC(=O)C(OC(=O)c2sc3nc(C)[nH]c(=O)c3c2C)c2ccccc2)cc1Cl. The molecule has 174 valence electrons. The number of methoxy groups -OCH3 is 1. The molecule has 0 spiro atoms. The number of nitrogens with one attached hydrogen (secondary N) is 2. The lowest BCUT2D eigenvalue weighted by molar-refractivity contribution is -0.125. The van der Waals surface area contributed by atoms with Gasteiger partial charge < -0.3 is 19.8 Å². The lowest BCUT2D eigenvalue weighted by Crippen LogP contribution is -2.26. The van der Waals surface area contributed by atoms with E-state index in [-0.39, 0.29) is 10.4 Å². The quantitative estimate of drug-likeness (QED) is 0.370. The van der Waals surface area contributed by atoms with E-state index in [0.717, 1.165) is 11.3 Å². The summed E-state index contributed by atoms with van der Waals surface area (Å²) in [6, 6.07) is 13.4. The standard InChI is InChI=1S/C24H20ClN3O5S/c1-12-18-21(29)26-13(2)27-23(18)34-20(12)24(31)33-19(14-7-5-4-6-8-14)22(30)28-15-9-10-17(32-3)16(25)11-15/h4-11,19H,1-3H3,(H,28,30)(H,26,27,29). The highest BCUT2D eigenvalue weighted by atomic mass is 35.5. The molecule has 0 aliphatic heterocycles. The number of aryl methyl sites for hydroxylation is 2. The molecule has 4 rings (SSSR count). The van der Waals surface area contributed by atoms with Gasteiger partial charge in [-0.2, -0.15) is 0 Å². The highest BCUT2D eigenvalue weighted by Crippen LogP contribution is 2.31. The Hall–Kier alpha value is -3.69. The number of benzene rings is 2. The molecule has 1 unspecified atom stereocenters. The summed E-state index contributed by atoms with van der Waals surface area (Å²) in [6.07, 6.45) is -1.24. The van der Waals surface area contributed by atoms with Crippen molar-refractivity contribution in [1.29, 1.82) is 0 Å². The molecule has 0 aliphatic rings. The molecule has 8 nitrogen and oxygen atoms in total. The maximum atomic E-state index is 13.2. The first-order chi connectivity index (χ1) is 16.3. The van der Waals surface area contributed by atoms with Gasteiger partial charge in [-0.1, -0.05) is 41.9 Å². The average molecular weight is 498 g/mol. The summed E-state index contributed by atoms with van der Waals surface area (Å²) >= 11 is 7.21. The fourth-order valence-electron chi connectivity index (χ4n) is 3.46. The summed E-state index contributed by atoms with van der Waals surface area (Å²) < 4.78 is 10.8. The number of hydrogen-bond acceptors (Lipinski definition) is 7. The van der Waals surface area contributed by atoms with Crippen LogP contribution in [0.15, 0.2) is 53.3 Å². The largest absolute Gasteiger partial charge is 0.495 e. The third-order valence-electron chi connectivity index (χ3n) is 5.09. The van der Waals surface area contributed by atoms with Crippen molar-refractivity contribution in [2.24, 2.45) is 0 Å². The normalized spacial score (nSPS) is 11.8. The number of carbonyl (C=O) groups is 2. The molecule has 34 heavy (non-hydrogen) atoms. The molecular weight excluding hydrogens is 478 g/mol. The van der Waals surface area contributed by atoms with E-state index < -0.39 is 18.0 Å². The first-order valence-corrected chi connectivity index (χ1v) is 11.4. The molecule has 2 aromatic heterocycles. The molecular formula is C24H20ClN3O5S. The summed E-state index contributed by atoms with van der Waals surface area (Å²) in [6.45, 7) is 3.31. The van der Waals surface area contributed by atoms with E-state index in [9.17, 15) is 14.4 Å². The van der Waals surface area contributed by atoms with Gasteiger partial charge in [0.2, 0.25) is 6.10 Å². The molecule has 2 aromatic carbocycles. The molecule has 0 aliphatic carbocycles. The van der Waals surface area contributed by atoms with E-state index in [1.165, 1.54) is 7.11 Å². The molecule has 4 aromatic rings. The lowest BCUT2D eigenvalue weighted by atomic mass is 10.1. The Balaban J connectivity index is 1.65. The Morgan fingerprint density at radius 2 is 1.88 bits per heavy atom. The van der Waals surface area contributed by atoms with Gasteiger partial charge in [0.25, 0.3) is 11.5 Å². The molecule has 1 amide bonds. The van der Waals surface area contributed by atoms with Gasteiger partial charge >= 0.3 is 5.97 Å². The third kappa shape index (κ3) is 4.66. The lowest BCUT2D eigenvalue weighted by Gasteiger charge is -2.18. The van der Waals surface area contributed by atoms with Crippen molar-refractivity contribution in [3.05, 3.63) is 85.7 Å². The van der Waals surface area contributed by atoms with E-state index in [0.29, 0.717) is 43.6 Å². The van der Waals surface area contributed by atoms with Crippen LogP contribution in [0.2, 0.25) is 5.02 Å². The predicted octanol–water partition coefficient (Wildman–Crippen LogP) is 4.80. The van der Waals surface area contributed by atoms with Crippen molar-refractivity contribution in [2.75, 3.05) is 12.4 Å². The first-order valence-electron chi connectivity index (χ1n) is 10.2. The van der Waals surface area contributed by atoms with Crippen LogP contribution in [0, 0.1) is 13.8 Å². The monoisotopic (exact) mass is 497 g/mol. The van der Waals surface area contributed by atoms with Crippen LogP contribution in [0.3, 0.4) is 0 Å². The van der Waals surface area contributed by atoms with Crippen molar-refractivity contribution >= 4 is 50.7 Å². The molecule has 1 atom stereocenters. The number of esters is 1. The van der Waals surface area contributed by atoms with E-state index in [4.69, 9.17) is 21.1 Å². The maximum absolute atomic E-state index is 13.2. The number of anilines is 1. The summed E-state index contributed by atoms with van der Waals surface area (Å²) in [7, 11) is 1.49. The van der Waals surface area contributed by atoms with Crippen molar-refractivity contribution < 1.29 is 19.1 Å². The second-order valence-electron chi connectivity index (χ2n) is 7.42. The number of aromatic nitrogens is 2. The fraction of sp³-hybridized carbons (Fsp3) is 0.167. The number of halogens is 1. The van der Waals surface area contributed by atoms with Gasteiger partial charge in [0, 0.05) is 11.3 Å². The van der Waals surface area contributed by atoms with Gasteiger partial charge in [0.1, 0.15) is 21.3 Å². The Morgan fingerprint density at radius 1 is 1.15 bits per heavy atom. The van der Waals surface area contributed by atoms with Gasteiger partial charge in [-0.3, -0.25) is 9.59 Å². The number of H-pyrrole nitrogens is 1. The second-order valence-corrected chi connectivity index (χ2v) is 8.83. The van der Waals surface area contributed by atoms with Gasteiger partial charge in [-0.15, -0.1) is 11.3 Å². The Kier molecular flexibility index (Phi) is 6.67. The number of aromatic amines is 1. The number of fused-ring (bicyclic) bond motifs is 1. The van der Waals surface area contributed by atoms with Crippen molar-refractivity contribution in [3.63, 3.8) is 0 Å². The summed E-state index contributed by atoms with van der Waals surface area (Å²) in [5, 5.41) is 3.38. The van der Waals surface area contributed by atoms with Crippen LogP contribution in [-0.4, -0.2) is 29.0 Å². The van der Waals surface area contributed by atoms with Gasteiger partial charge in [0.05, 0.1) is 17.5 Å². The maximum Gasteiger partial charge on any atom is 0.349 e. The van der Waals surface area contributed by atoms with Crippen LogP contribution in [0.5, 0.6) is 5.75 Å². The van der Waals surface area contributed by atoms with Gasteiger partial charge in [-0.25, -0.2) is 9.78 Å². The first kappa shape index (κ1) is 23.5. The van der Waals surface area contributed by atoms with Crippen LogP contribution >= 0.6 is 22.9 Å². The minimum Gasteiger partial charge on any atom is -0.495 e. The van der Waals surface area contributed by atoms with Crippen molar-refractivity contribution in [3.8, 4) is 5.75 Å². The zero-order valence-electron chi connectivity index (χ0n) is 18.5. The van der Waals surface area contributed by atoms with Crippen LogP contribution in [0.1, 0.15) is 32.7 Å². The molecule has 0 saturated carbocycles. The molecule has 0 bridgehead atoms. The van der Waals surface area contributed by atoms with Crippen LogP contribution < -0.4 is 15.6 Å². The number of ether oxygens (including phenoxy) is 2. The Bertz CT molecular complexity index is 1450. The summed E-state index contributed by atoms with van der Waals surface area (Å²) in [5.74, 6) is -0.385. The highest BCUT2D eigenvalue weighted by molar-refractivity contribution is 7.20. The van der Waals surface area contributed by atoms with E-state index in [2.05, 4.69) is 15.3 Å². The second kappa shape index (κ2) is 9.66. The van der Waals surface area contributed by atoms with Crippen molar-refractivity contribution in [2.45, 2.75) is 20.0 Å². The van der Waals surface area contributed by atoms with Crippen LogP contribution in [0.4, 0.5) is 5.69 Å².